The maximum absolute atomic E-state index is 14.8. The van der Waals surface area contributed by atoms with Crippen LogP contribution in [-0.4, -0.2) is 23.7 Å². The summed E-state index contributed by atoms with van der Waals surface area (Å²) in [7, 11) is 1.41. The van der Waals surface area contributed by atoms with E-state index in [9.17, 15) is 22.4 Å². The van der Waals surface area contributed by atoms with Crippen molar-refractivity contribution in [3.63, 3.8) is 0 Å². The number of anilines is 1. The van der Waals surface area contributed by atoms with Crippen LogP contribution in [0.25, 0.3) is 22.2 Å². The monoisotopic (exact) mass is 430 g/mol. The smallest absolute Gasteiger partial charge is 0.405 e. The summed E-state index contributed by atoms with van der Waals surface area (Å²) in [5, 5.41) is 2.78. The highest BCUT2D eigenvalue weighted by Gasteiger charge is 2.30. The molecule has 3 aromatic rings. The fraction of sp³-hybridized carbons (Fsp3) is 0.136. The number of rotatable bonds is 4. The van der Waals surface area contributed by atoms with Crippen molar-refractivity contribution in [2.45, 2.75) is 13.1 Å². The standard InChI is InChI=1S/C22H18F4N4O/c1-12-9-14(11-16(23)20(12)30-21(31)19(28-2)7-8-27)18-5-3-13-10-15(22(24,25)26)4-6-17(13)29-18/h3-11H,27H2,1-2H3,(H,30,31). The molecule has 0 saturated heterocycles. The fourth-order valence-corrected chi connectivity index (χ4v) is 3.03. The number of pyridine rings is 1. The molecule has 160 valence electrons. The van der Waals surface area contributed by atoms with Crippen molar-refractivity contribution in [2.75, 3.05) is 12.4 Å². The minimum atomic E-state index is -4.45. The summed E-state index contributed by atoms with van der Waals surface area (Å²) >= 11 is 0. The van der Waals surface area contributed by atoms with Crippen LogP contribution in [0.3, 0.4) is 0 Å². The van der Waals surface area contributed by atoms with Gasteiger partial charge in [-0.1, -0.05) is 6.07 Å². The molecule has 5 nitrogen and oxygen atoms in total. The number of hydrogen-bond donors (Lipinski definition) is 2. The van der Waals surface area contributed by atoms with Crippen LogP contribution < -0.4 is 11.1 Å². The van der Waals surface area contributed by atoms with Gasteiger partial charge in [0.15, 0.2) is 0 Å². The first-order chi connectivity index (χ1) is 14.6. The van der Waals surface area contributed by atoms with Crippen molar-refractivity contribution in [1.29, 1.82) is 0 Å². The minimum absolute atomic E-state index is 0.0177. The second-order valence-corrected chi connectivity index (χ2v) is 6.67. The van der Waals surface area contributed by atoms with Gasteiger partial charge < -0.3 is 11.1 Å². The molecule has 0 radical (unpaired) electrons. The molecule has 0 unspecified atom stereocenters. The van der Waals surface area contributed by atoms with Crippen molar-refractivity contribution in [2.24, 2.45) is 10.7 Å². The number of hydrogen-bond acceptors (Lipinski definition) is 4. The van der Waals surface area contributed by atoms with E-state index in [1.807, 2.05) is 0 Å². The van der Waals surface area contributed by atoms with E-state index in [0.29, 0.717) is 27.7 Å². The van der Waals surface area contributed by atoms with Crippen LogP contribution in [0.15, 0.2) is 59.7 Å². The zero-order chi connectivity index (χ0) is 22.8. The van der Waals surface area contributed by atoms with Crippen LogP contribution in [0.2, 0.25) is 0 Å². The van der Waals surface area contributed by atoms with Gasteiger partial charge in [-0.15, -0.1) is 0 Å². The fourth-order valence-electron chi connectivity index (χ4n) is 3.03. The lowest BCUT2D eigenvalue weighted by atomic mass is 10.0. The molecule has 0 atom stereocenters. The highest BCUT2D eigenvalue weighted by molar-refractivity contribution is 6.47. The van der Waals surface area contributed by atoms with Crippen LogP contribution in [-0.2, 0) is 11.0 Å². The summed E-state index contributed by atoms with van der Waals surface area (Å²) in [5.74, 6) is -1.31. The molecule has 0 aliphatic heterocycles. The number of nitrogens with two attached hydrogens (primary N) is 1. The highest BCUT2D eigenvalue weighted by atomic mass is 19.4. The van der Waals surface area contributed by atoms with Crippen LogP contribution in [0.5, 0.6) is 0 Å². The van der Waals surface area contributed by atoms with E-state index in [0.717, 1.165) is 18.3 Å². The maximum atomic E-state index is 14.8. The Morgan fingerprint density at radius 2 is 1.90 bits per heavy atom. The van der Waals surface area contributed by atoms with Gasteiger partial charge in [-0.2, -0.15) is 13.2 Å². The molecule has 0 fully saturated rings. The largest absolute Gasteiger partial charge is 0.416 e. The molecular weight excluding hydrogens is 412 g/mol. The van der Waals surface area contributed by atoms with Gasteiger partial charge >= 0.3 is 6.18 Å². The molecule has 0 saturated carbocycles. The lowest BCUT2D eigenvalue weighted by Crippen LogP contribution is -2.22. The molecule has 0 aliphatic carbocycles. The van der Waals surface area contributed by atoms with E-state index >= 15 is 0 Å². The number of alkyl halides is 3. The van der Waals surface area contributed by atoms with Gasteiger partial charge in [-0.05, 0) is 61.2 Å². The van der Waals surface area contributed by atoms with Crippen LogP contribution in [0, 0.1) is 12.7 Å². The van der Waals surface area contributed by atoms with Crippen molar-refractivity contribution >= 4 is 28.2 Å². The molecule has 1 heterocycles. The number of benzene rings is 2. The first-order valence-corrected chi connectivity index (χ1v) is 9.09. The zero-order valence-corrected chi connectivity index (χ0v) is 16.6. The Kier molecular flexibility index (Phi) is 6.05. The third-order valence-electron chi connectivity index (χ3n) is 4.57. The van der Waals surface area contributed by atoms with Crippen molar-refractivity contribution < 1.29 is 22.4 Å². The molecule has 1 amide bonds. The van der Waals surface area contributed by atoms with E-state index in [-0.39, 0.29) is 11.4 Å². The lowest BCUT2D eigenvalue weighted by Gasteiger charge is -2.12. The number of fused-ring (bicyclic) bond motifs is 1. The number of nitrogens with one attached hydrogen (secondary N) is 1. The van der Waals surface area contributed by atoms with Crippen molar-refractivity contribution in [3.8, 4) is 11.3 Å². The topological polar surface area (TPSA) is 80.4 Å². The van der Waals surface area contributed by atoms with E-state index < -0.39 is 23.5 Å². The molecule has 31 heavy (non-hydrogen) atoms. The van der Waals surface area contributed by atoms with Gasteiger partial charge in [0.05, 0.1) is 22.5 Å². The molecule has 0 bridgehead atoms. The molecule has 0 aliphatic rings. The van der Waals surface area contributed by atoms with Crippen molar-refractivity contribution in [1.82, 2.24) is 4.98 Å². The molecule has 9 heteroatoms. The number of nitrogens with zero attached hydrogens (tertiary/aromatic N) is 2. The Balaban J connectivity index is 1.95. The minimum Gasteiger partial charge on any atom is -0.405 e. The zero-order valence-electron chi connectivity index (χ0n) is 16.6. The number of aryl methyl sites for hydroxylation is 1. The second-order valence-electron chi connectivity index (χ2n) is 6.67. The Labute approximate surface area is 175 Å². The first kappa shape index (κ1) is 21.9. The van der Waals surface area contributed by atoms with Gasteiger partial charge in [0.2, 0.25) is 0 Å². The molecular formula is C22H18F4N4O. The number of aliphatic imine (C=N–C) groups is 1. The Hall–Kier alpha value is -3.75. The van der Waals surface area contributed by atoms with Gasteiger partial charge in [0.1, 0.15) is 11.5 Å². The SMILES string of the molecule is CN=C(C=CN)C(=O)Nc1c(C)cc(-c2ccc3cc(C(F)(F)F)ccc3n2)cc1F. The van der Waals surface area contributed by atoms with Crippen LogP contribution in [0.1, 0.15) is 11.1 Å². The molecule has 0 spiro atoms. The lowest BCUT2D eigenvalue weighted by molar-refractivity contribution is -0.137. The Morgan fingerprint density at radius 3 is 2.52 bits per heavy atom. The second kappa shape index (κ2) is 8.55. The quantitative estimate of drug-likeness (QED) is 0.459. The summed E-state index contributed by atoms with van der Waals surface area (Å²) in [4.78, 5) is 20.4. The third-order valence-corrected chi connectivity index (χ3v) is 4.57. The molecule has 1 aromatic heterocycles. The normalized spacial score (nSPS) is 12.5. The highest BCUT2D eigenvalue weighted by Crippen LogP contribution is 2.32. The predicted octanol–water partition coefficient (Wildman–Crippen LogP) is 4.85. The van der Waals surface area contributed by atoms with Gasteiger partial charge in [0, 0.05) is 18.0 Å². The molecule has 3 rings (SSSR count). The summed E-state index contributed by atoms with van der Waals surface area (Å²) in [6.45, 7) is 1.61. The first-order valence-electron chi connectivity index (χ1n) is 9.09. The van der Waals surface area contributed by atoms with Crippen LogP contribution in [0.4, 0.5) is 23.2 Å². The number of carbonyl (C=O) groups is 1. The number of aromatic nitrogens is 1. The summed E-state index contributed by atoms with van der Waals surface area (Å²) in [6.07, 6.45) is -2.01. The molecule has 3 N–H and O–H groups in total. The molecule has 2 aromatic carbocycles. The van der Waals surface area contributed by atoms with Crippen LogP contribution >= 0.6 is 0 Å². The Bertz CT molecular complexity index is 1190. The predicted molar refractivity (Wildman–Crippen MR) is 112 cm³/mol. The van der Waals surface area contributed by atoms with Gasteiger partial charge in [0.25, 0.3) is 5.91 Å². The van der Waals surface area contributed by atoms with E-state index in [1.165, 1.54) is 37.4 Å². The number of carbonyl (C=O) groups excluding carboxylic acids is 1. The van der Waals surface area contributed by atoms with E-state index in [2.05, 4.69) is 15.3 Å². The summed E-state index contributed by atoms with van der Waals surface area (Å²) < 4.78 is 53.4. The van der Waals surface area contributed by atoms with Gasteiger partial charge in [-0.3, -0.25) is 9.79 Å². The average molecular weight is 430 g/mol. The number of halogens is 4. The van der Waals surface area contributed by atoms with E-state index in [4.69, 9.17) is 5.73 Å². The maximum Gasteiger partial charge on any atom is 0.416 e. The Morgan fingerprint density at radius 1 is 1.16 bits per heavy atom. The summed E-state index contributed by atoms with van der Waals surface area (Å²) in [6, 6.07) is 9.07. The average Bonchev–Trinajstić information content (AvgIpc) is 2.72. The van der Waals surface area contributed by atoms with Crippen molar-refractivity contribution in [3.05, 3.63) is 71.7 Å². The third kappa shape index (κ3) is 4.71. The van der Waals surface area contributed by atoms with E-state index in [1.54, 1.807) is 13.0 Å². The van der Waals surface area contributed by atoms with Gasteiger partial charge in [-0.25, -0.2) is 9.37 Å². The summed E-state index contributed by atoms with van der Waals surface area (Å²) in [5.41, 5.74) is 6.10. The number of amides is 1.